The van der Waals surface area contributed by atoms with Crippen LogP contribution in [0.3, 0.4) is 0 Å². The molecule has 0 bridgehead atoms. The first kappa shape index (κ1) is 19.9. The van der Waals surface area contributed by atoms with Gasteiger partial charge in [-0.3, -0.25) is 0 Å². The first-order chi connectivity index (χ1) is 14.2. The summed E-state index contributed by atoms with van der Waals surface area (Å²) in [6, 6.07) is 7.90. The molecule has 0 aliphatic heterocycles. The molecule has 0 unspecified atom stereocenters. The topological polar surface area (TPSA) is 127 Å². The fraction of sp³-hybridized carbons (Fsp3) is 0.0556. The molecule has 4 rings (SSSR count). The fourth-order valence-corrected chi connectivity index (χ4v) is 4.75. The molecule has 30 heavy (non-hydrogen) atoms. The van der Waals surface area contributed by atoms with Gasteiger partial charge in [-0.1, -0.05) is 23.7 Å². The lowest BCUT2D eigenvalue weighted by Gasteiger charge is -2.07. The van der Waals surface area contributed by atoms with E-state index in [1.807, 2.05) is 0 Å². The maximum absolute atomic E-state index is 13.1. The van der Waals surface area contributed by atoms with Crippen LogP contribution < -0.4 is 4.74 Å². The number of rotatable bonds is 5. The Morgan fingerprint density at radius 2 is 2.00 bits per heavy atom. The number of nitrogens with one attached hydrogen (secondary N) is 1. The molecule has 0 atom stereocenters. The first-order valence-corrected chi connectivity index (χ1v) is 10.4. The van der Waals surface area contributed by atoms with Crippen LogP contribution in [0, 0.1) is 5.82 Å². The van der Waals surface area contributed by atoms with Crippen LogP contribution in [0.25, 0.3) is 17.0 Å². The summed E-state index contributed by atoms with van der Waals surface area (Å²) in [6.07, 6.45) is 0.994. The molecule has 9 nitrogen and oxygen atoms in total. The quantitative estimate of drug-likeness (QED) is 0.445. The minimum atomic E-state index is -3.82. The van der Waals surface area contributed by atoms with E-state index in [1.165, 1.54) is 53.5 Å². The summed E-state index contributed by atoms with van der Waals surface area (Å²) < 4.78 is 44.5. The molecule has 2 heterocycles. The summed E-state index contributed by atoms with van der Waals surface area (Å²) in [5, 5.41) is 12.6. The molecular weight excluding hydrogens is 439 g/mol. The highest BCUT2D eigenvalue weighted by Gasteiger charge is 2.21. The third kappa shape index (κ3) is 3.98. The average molecular weight is 451 g/mol. The standard InChI is InChI=1S/C18H12ClFN4O5S/c19-13-5-14-15(23-17(22-14)24-8-12(7-21-24)29-18(25)26)6-16(13)30(27,28)9-10-1-3-11(20)4-2-10/h1-8H,9H2,(H,22,23)(H,25,26). The number of aromatic nitrogens is 4. The van der Waals surface area contributed by atoms with Crippen LogP contribution in [0.15, 0.2) is 53.7 Å². The maximum atomic E-state index is 13.1. The number of H-pyrrole nitrogens is 1. The third-order valence-corrected chi connectivity index (χ3v) is 6.26. The van der Waals surface area contributed by atoms with Crippen molar-refractivity contribution >= 4 is 38.6 Å². The molecule has 2 aromatic heterocycles. The summed E-state index contributed by atoms with van der Waals surface area (Å²) >= 11 is 6.20. The highest BCUT2D eigenvalue weighted by molar-refractivity contribution is 7.90. The molecular formula is C18H12ClFN4O5S. The van der Waals surface area contributed by atoms with E-state index in [2.05, 4.69) is 19.8 Å². The molecule has 0 spiro atoms. The van der Waals surface area contributed by atoms with Crippen molar-refractivity contribution in [3.8, 4) is 11.7 Å². The number of imidazole rings is 1. The summed E-state index contributed by atoms with van der Waals surface area (Å²) in [6.45, 7) is 0. The molecule has 0 radical (unpaired) electrons. The molecule has 154 valence electrons. The lowest BCUT2D eigenvalue weighted by molar-refractivity contribution is 0.144. The fourth-order valence-electron chi connectivity index (χ4n) is 2.80. The average Bonchev–Trinajstić information content (AvgIpc) is 3.28. The lowest BCUT2D eigenvalue weighted by Crippen LogP contribution is -2.06. The number of hydrogen-bond acceptors (Lipinski definition) is 6. The van der Waals surface area contributed by atoms with Gasteiger partial charge in [-0.05, 0) is 29.8 Å². The van der Waals surface area contributed by atoms with Crippen LogP contribution in [0.4, 0.5) is 9.18 Å². The van der Waals surface area contributed by atoms with E-state index in [-0.39, 0.29) is 27.4 Å². The summed E-state index contributed by atoms with van der Waals surface area (Å²) in [5.41, 5.74) is 1.18. The second-order valence-electron chi connectivity index (χ2n) is 6.23. The summed E-state index contributed by atoms with van der Waals surface area (Å²) in [4.78, 5) is 17.7. The van der Waals surface area contributed by atoms with Crippen LogP contribution in [0.1, 0.15) is 5.56 Å². The number of aromatic amines is 1. The number of nitrogens with zero attached hydrogens (tertiary/aromatic N) is 3. The molecule has 0 saturated heterocycles. The lowest BCUT2D eigenvalue weighted by atomic mass is 10.2. The van der Waals surface area contributed by atoms with Gasteiger partial charge in [0.15, 0.2) is 15.6 Å². The second kappa shape index (κ2) is 7.43. The van der Waals surface area contributed by atoms with Gasteiger partial charge in [-0.2, -0.15) is 5.10 Å². The van der Waals surface area contributed by atoms with Gasteiger partial charge in [0.25, 0.3) is 0 Å². The largest absolute Gasteiger partial charge is 0.511 e. The van der Waals surface area contributed by atoms with Gasteiger partial charge in [0, 0.05) is 0 Å². The number of carboxylic acid groups (broad SMARTS) is 1. The van der Waals surface area contributed by atoms with Crippen molar-refractivity contribution in [2.75, 3.05) is 0 Å². The molecule has 2 aromatic carbocycles. The van der Waals surface area contributed by atoms with E-state index < -0.39 is 21.8 Å². The Bertz CT molecular complexity index is 1370. The number of carbonyl (C=O) groups is 1. The van der Waals surface area contributed by atoms with E-state index in [1.54, 1.807) is 0 Å². The van der Waals surface area contributed by atoms with E-state index in [0.29, 0.717) is 16.6 Å². The Morgan fingerprint density at radius 3 is 2.70 bits per heavy atom. The summed E-state index contributed by atoms with van der Waals surface area (Å²) in [5.74, 6) is -0.622. The molecule has 4 aromatic rings. The van der Waals surface area contributed by atoms with Gasteiger partial charge >= 0.3 is 6.16 Å². The first-order valence-electron chi connectivity index (χ1n) is 8.33. The normalized spacial score (nSPS) is 11.7. The zero-order valence-corrected chi connectivity index (χ0v) is 16.5. The van der Waals surface area contributed by atoms with Crippen molar-refractivity contribution in [1.29, 1.82) is 0 Å². The van der Waals surface area contributed by atoms with Crippen LogP contribution in [-0.4, -0.2) is 39.4 Å². The molecule has 0 aliphatic rings. The van der Waals surface area contributed by atoms with Gasteiger partial charge in [0.1, 0.15) is 5.82 Å². The predicted octanol–water partition coefficient (Wildman–Crippen LogP) is 3.57. The van der Waals surface area contributed by atoms with Crippen molar-refractivity contribution in [3.63, 3.8) is 0 Å². The Hall–Kier alpha value is -3.44. The number of sulfone groups is 1. The zero-order chi connectivity index (χ0) is 21.5. The Morgan fingerprint density at radius 1 is 1.27 bits per heavy atom. The monoisotopic (exact) mass is 450 g/mol. The van der Waals surface area contributed by atoms with Crippen molar-refractivity contribution in [3.05, 3.63) is 65.2 Å². The van der Waals surface area contributed by atoms with E-state index in [9.17, 15) is 17.6 Å². The minimum absolute atomic E-state index is 0.0106. The van der Waals surface area contributed by atoms with Crippen LogP contribution in [0.2, 0.25) is 5.02 Å². The van der Waals surface area contributed by atoms with Gasteiger partial charge < -0.3 is 14.8 Å². The van der Waals surface area contributed by atoms with Crippen molar-refractivity contribution < 1.29 is 27.4 Å². The third-order valence-electron chi connectivity index (χ3n) is 4.11. The number of hydrogen-bond donors (Lipinski definition) is 2. The van der Waals surface area contributed by atoms with Gasteiger partial charge in [-0.25, -0.2) is 27.3 Å². The Kier molecular flexibility index (Phi) is 4.92. The maximum Gasteiger partial charge on any atom is 0.511 e. The van der Waals surface area contributed by atoms with Crippen LogP contribution >= 0.6 is 11.6 Å². The summed E-state index contributed by atoms with van der Waals surface area (Å²) in [7, 11) is -3.82. The molecule has 2 N–H and O–H groups in total. The number of fused-ring (bicyclic) bond motifs is 1. The highest BCUT2D eigenvalue weighted by Crippen LogP contribution is 2.29. The molecule has 0 aliphatic carbocycles. The molecule has 12 heteroatoms. The second-order valence-corrected chi connectivity index (χ2v) is 8.60. The Balaban J connectivity index is 1.68. The molecule has 0 saturated carbocycles. The van der Waals surface area contributed by atoms with Gasteiger partial charge in [0.2, 0.25) is 5.95 Å². The molecule has 0 fully saturated rings. The van der Waals surface area contributed by atoms with Gasteiger partial charge in [-0.15, -0.1) is 0 Å². The Labute approximate surface area is 173 Å². The van der Waals surface area contributed by atoms with E-state index >= 15 is 0 Å². The van der Waals surface area contributed by atoms with Crippen molar-refractivity contribution in [2.45, 2.75) is 10.6 Å². The predicted molar refractivity (Wildman–Crippen MR) is 104 cm³/mol. The van der Waals surface area contributed by atoms with Crippen LogP contribution in [0.5, 0.6) is 5.75 Å². The molecule has 0 amide bonds. The van der Waals surface area contributed by atoms with E-state index in [4.69, 9.17) is 16.7 Å². The number of benzene rings is 2. The minimum Gasteiger partial charge on any atom is -0.449 e. The SMILES string of the molecule is O=C(O)Oc1cnn(-c2nc3cc(Cl)c(S(=O)(=O)Cc4ccc(F)cc4)cc3[nH]2)c1. The van der Waals surface area contributed by atoms with E-state index in [0.717, 1.165) is 0 Å². The van der Waals surface area contributed by atoms with Crippen molar-refractivity contribution in [1.82, 2.24) is 19.7 Å². The van der Waals surface area contributed by atoms with Gasteiger partial charge in [0.05, 0.1) is 39.1 Å². The smallest absolute Gasteiger partial charge is 0.449 e. The van der Waals surface area contributed by atoms with Crippen LogP contribution in [-0.2, 0) is 15.6 Å². The number of halogens is 2. The van der Waals surface area contributed by atoms with Crippen molar-refractivity contribution in [2.24, 2.45) is 0 Å². The highest BCUT2D eigenvalue weighted by atomic mass is 35.5. The number of ether oxygens (including phenoxy) is 1. The zero-order valence-electron chi connectivity index (χ0n) is 14.9.